The predicted octanol–water partition coefficient (Wildman–Crippen LogP) is 8.03. The molecule has 8 heteroatoms. The zero-order valence-electron chi connectivity index (χ0n) is 25.2. The second-order valence-electron chi connectivity index (χ2n) is 12.8. The van der Waals surface area contributed by atoms with E-state index in [1.54, 1.807) is 0 Å². The molecule has 218 valence electrons. The predicted molar refractivity (Wildman–Crippen MR) is 165 cm³/mol. The summed E-state index contributed by atoms with van der Waals surface area (Å²) in [6.07, 6.45) is 1.21. The first-order valence-electron chi connectivity index (χ1n) is 14.6. The third-order valence-corrected chi connectivity index (χ3v) is 8.44. The first-order valence-corrected chi connectivity index (χ1v) is 15.4. The number of anilines is 1. The van der Waals surface area contributed by atoms with Crippen LogP contribution < -0.4 is 9.46 Å². The summed E-state index contributed by atoms with van der Waals surface area (Å²) in [5.74, 6) is 1.96. The van der Waals surface area contributed by atoms with Gasteiger partial charge in [0.2, 0.25) is 11.8 Å². The Kier molecular flexibility index (Phi) is 8.50. The molecule has 0 saturated carbocycles. The molecular weight excluding hydrogens is 532 g/mol. The zero-order valence-corrected chi connectivity index (χ0v) is 26.0. The van der Waals surface area contributed by atoms with Gasteiger partial charge in [-0.2, -0.15) is 4.98 Å². The van der Waals surface area contributed by atoms with E-state index >= 15 is 0 Å². The van der Waals surface area contributed by atoms with Gasteiger partial charge in [0.15, 0.2) is 0 Å². The van der Waals surface area contributed by atoms with Crippen LogP contribution in [0, 0.1) is 25.7 Å². The molecule has 1 unspecified atom stereocenters. The SMILES string of the molecule is Cc1cccc(C)c1-c1cc2nc(n1)NSc1cccc(c1)C1C[C@@H](CN(C(=O)OC(C)(C)C)C[C@H]1CC(C)C)O2. The van der Waals surface area contributed by atoms with Crippen LogP contribution >= 0.6 is 11.9 Å². The van der Waals surface area contributed by atoms with Gasteiger partial charge in [0.25, 0.3) is 0 Å². The molecule has 1 fully saturated rings. The first-order chi connectivity index (χ1) is 19.4. The van der Waals surface area contributed by atoms with E-state index in [9.17, 15) is 4.79 Å². The molecule has 1 amide bonds. The third kappa shape index (κ3) is 7.15. The second kappa shape index (κ2) is 11.9. The summed E-state index contributed by atoms with van der Waals surface area (Å²) >= 11 is 1.51. The van der Waals surface area contributed by atoms with Crippen LogP contribution in [0.1, 0.15) is 70.1 Å². The van der Waals surface area contributed by atoms with E-state index in [4.69, 9.17) is 19.4 Å². The van der Waals surface area contributed by atoms with Crippen molar-refractivity contribution in [2.45, 2.75) is 83.8 Å². The number of likely N-dealkylation sites (tertiary alicyclic amines) is 1. The largest absolute Gasteiger partial charge is 0.472 e. The molecule has 3 aromatic rings. The quantitative estimate of drug-likeness (QED) is 0.317. The van der Waals surface area contributed by atoms with Crippen LogP contribution in [0.2, 0.25) is 0 Å². The molecule has 1 N–H and O–H groups in total. The lowest BCUT2D eigenvalue weighted by atomic mass is 9.79. The van der Waals surface area contributed by atoms with E-state index in [-0.39, 0.29) is 24.0 Å². The van der Waals surface area contributed by atoms with E-state index in [2.05, 4.69) is 74.9 Å². The highest BCUT2D eigenvalue weighted by atomic mass is 32.2. The highest BCUT2D eigenvalue weighted by molar-refractivity contribution is 8.00. The molecule has 0 radical (unpaired) electrons. The molecule has 2 aliphatic heterocycles. The van der Waals surface area contributed by atoms with E-state index < -0.39 is 5.60 Å². The molecule has 7 nitrogen and oxygen atoms in total. The highest BCUT2D eigenvalue weighted by Crippen LogP contribution is 2.40. The number of rotatable bonds is 3. The summed E-state index contributed by atoms with van der Waals surface area (Å²) in [6.45, 7) is 15.5. The number of nitrogens with zero attached hydrogens (tertiary/aromatic N) is 3. The standard InChI is InChI=1S/C33H42N4O3S/c1-20(2)14-24-18-37(32(38)40-33(5,6)7)19-25-16-27(24)23-12-9-13-26(15-23)41-36-31-34-28(17-29(35-31)39-25)30-21(3)10-8-11-22(30)4/h8-13,15,17,20,24-25,27H,14,16,18-19H2,1-7H3,(H,34,35,36)/t24-,25+,27?/m1/s1. The topological polar surface area (TPSA) is 76.6 Å². The summed E-state index contributed by atoms with van der Waals surface area (Å²) in [6, 6.07) is 16.9. The van der Waals surface area contributed by atoms with Gasteiger partial charge in [-0.25, -0.2) is 9.78 Å². The molecule has 5 rings (SSSR count). The van der Waals surface area contributed by atoms with Gasteiger partial charge >= 0.3 is 6.09 Å². The van der Waals surface area contributed by atoms with Crippen LogP contribution in [-0.4, -0.2) is 45.8 Å². The molecule has 0 spiro atoms. The van der Waals surface area contributed by atoms with Crippen LogP contribution in [0.5, 0.6) is 5.88 Å². The van der Waals surface area contributed by atoms with Crippen molar-refractivity contribution in [3.63, 3.8) is 0 Å². The van der Waals surface area contributed by atoms with Gasteiger partial charge in [0.05, 0.1) is 12.2 Å². The number of hydrogen-bond donors (Lipinski definition) is 1. The molecule has 3 heterocycles. The number of amides is 1. The fourth-order valence-electron chi connectivity index (χ4n) is 6.06. The van der Waals surface area contributed by atoms with Gasteiger partial charge in [-0.3, -0.25) is 4.72 Å². The Bertz CT molecular complexity index is 1380. The van der Waals surface area contributed by atoms with Gasteiger partial charge < -0.3 is 14.4 Å². The number of ether oxygens (including phenoxy) is 2. The van der Waals surface area contributed by atoms with Crippen LogP contribution in [0.15, 0.2) is 53.4 Å². The van der Waals surface area contributed by atoms with Crippen LogP contribution in [-0.2, 0) is 4.74 Å². The van der Waals surface area contributed by atoms with Crippen molar-refractivity contribution in [3.05, 3.63) is 65.2 Å². The van der Waals surface area contributed by atoms with Crippen LogP contribution in [0.3, 0.4) is 0 Å². The van der Waals surface area contributed by atoms with E-state index in [0.29, 0.717) is 30.8 Å². The Balaban J connectivity index is 1.60. The molecular formula is C33H42N4O3S. The minimum Gasteiger partial charge on any atom is -0.472 e. The summed E-state index contributed by atoms with van der Waals surface area (Å²) in [5.41, 5.74) is 4.86. The average molecular weight is 575 g/mol. The smallest absolute Gasteiger partial charge is 0.410 e. The number of aryl methyl sites for hydroxylation is 2. The molecule has 1 aromatic heterocycles. The monoisotopic (exact) mass is 574 g/mol. The first kappa shape index (κ1) is 29.2. The minimum absolute atomic E-state index is 0.217. The van der Waals surface area contributed by atoms with Crippen LogP contribution in [0.25, 0.3) is 11.3 Å². The highest BCUT2D eigenvalue weighted by Gasteiger charge is 2.38. The van der Waals surface area contributed by atoms with Crippen molar-refractivity contribution < 1.29 is 14.3 Å². The maximum atomic E-state index is 13.5. The molecule has 6 bridgehead atoms. The summed E-state index contributed by atoms with van der Waals surface area (Å²) in [5, 5.41) is 0. The number of fused-ring (bicyclic) bond motifs is 7. The third-order valence-electron chi connectivity index (χ3n) is 7.66. The number of benzene rings is 2. The van der Waals surface area contributed by atoms with Crippen molar-refractivity contribution in [3.8, 4) is 17.1 Å². The van der Waals surface area contributed by atoms with Gasteiger partial charge in [-0.05, 0) is 106 Å². The van der Waals surface area contributed by atoms with Gasteiger partial charge in [0, 0.05) is 23.1 Å². The Labute approximate surface area is 248 Å². The van der Waals surface area contributed by atoms with Gasteiger partial charge in [-0.15, -0.1) is 0 Å². The number of carbonyl (C=O) groups is 1. The second-order valence-corrected chi connectivity index (χ2v) is 13.7. The molecule has 0 aliphatic carbocycles. The van der Waals surface area contributed by atoms with Crippen molar-refractivity contribution in [2.24, 2.45) is 11.8 Å². The fourth-order valence-corrected chi connectivity index (χ4v) is 6.70. The van der Waals surface area contributed by atoms with E-state index in [1.807, 2.05) is 31.7 Å². The molecule has 1 saturated heterocycles. The zero-order chi connectivity index (χ0) is 29.3. The minimum atomic E-state index is -0.579. The van der Waals surface area contributed by atoms with E-state index in [1.165, 1.54) is 17.5 Å². The molecule has 2 aromatic carbocycles. The Morgan fingerprint density at radius 1 is 1.10 bits per heavy atom. The van der Waals surface area contributed by atoms with Crippen molar-refractivity contribution in [2.75, 3.05) is 17.8 Å². The van der Waals surface area contributed by atoms with Crippen molar-refractivity contribution in [1.82, 2.24) is 14.9 Å². The maximum Gasteiger partial charge on any atom is 0.410 e. The number of hydrogen-bond acceptors (Lipinski definition) is 7. The Morgan fingerprint density at radius 3 is 2.54 bits per heavy atom. The van der Waals surface area contributed by atoms with Gasteiger partial charge in [-0.1, -0.05) is 44.2 Å². The molecule has 3 atom stereocenters. The maximum absolute atomic E-state index is 13.5. The normalized spacial score (nSPS) is 20.7. The van der Waals surface area contributed by atoms with Crippen molar-refractivity contribution in [1.29, 1.82) is 0 Å². The summed E-state index contributed by atoms with van der Waals surface area (Å²) in [7, 11) is 0. The summed E-state index contributed by atoms with van der Waals surface area (Å²) < 4.78 is 15.9. The van der Waals surface area contributed by atoms with Crippen molar-refractivity contribution >= 4 is 24.0 Å². The molecule has 2 aliphatic rings. The lowest BCUT2D eigenvalue weighted by Crippen LogP contribution is -2.42. The Hall–Kier alpha value is -3.26. The van der Waals surface area contributed by atoms with Gasteiger partial charge in [0.1, 0.15) is 11.7 Å². The number of carbonyl (C=O) groups excluding carboxylic acids is 1. The number of aromatic nitrogens is 2. The average Bonchev–Trinajstić information content (AvgIpc) is 3.05. The van der Waals surface area contributed by atoms with Crippen LogP contribution in [0.4, 0.5) is 10.7 Å². The Morgan fingerprint density at radius 2 is 1.83 bits per heavy atom. The van der Waals surface area contributed by atoms with E-state index in [0.717, 1.165) is 40.1 Å². The molecule has 41 heavy (non-hydrogen) atoms. The lowest BCUT2D eigenvalue weighted by Gasteiger charge is -2.31. The lowest BCUT2D eigenvalue weighted by molar-refractivity contribution is 0.0167. The number of nitrogens with one attached hydrogen (secondary N) is 1. The summed E-state index contributed by atoms with van der Waals surface area (Å²) in [4.78, 5) is 26.1. The fraction of sp³-hybridized carbons (Fsp3) is 0.485.